The number of fused-ring (bicyclic) bond motifs is 2. The molecule has 6 heteroatoms. The molecule has 2 aromatic heterocycles. The van der Waals surface area contributed by atoms with Gasteiger partial charge in [-0.3, -0.25) is 9.89 Å². The number of anilines is 1. The molecule has 3 aliphatic rings. The van der Waals surface area contributed by atoms with Crippen LogP contribution < -0.4 is 4.90 Å². The molecule has 2 saturated heterocycles. The number of benzene rings is 1. The lowest BCUT2D eigenvalue weighted by molar-refractivity contribution is -0.136. The lowest BCUT2D eigenvalue weighted by Crippen LogP contribution is -2.59. The molecule has 0 unspecified atom stereocenters. The number of H-pyrrole nitrogens is 1. The lowest BCUT2D eigenvalue weighted by atomic mass is 9.73. The van der Waals surface area contributed by atoms with Gasteiger partial charge in [-0.15, -0.1) is 0 Å². The van der Waals surface area contributed by atoms with Crippen LogP contribution >= 0.6 is 0 Å². The number of aromatic amines is 1. The van der Waals surface area contributed by atoms with Crippen molar-refractivity contribution in [2.75, 3.05) is 31.1 Å². The number of pyridine rings is 1. The fourth-order valence-electron chi connectivity index (χ4n) is 6.69. The van der Waals surface area contributed by atoms with E-state index < -0.39 is 0 Å². The fourth-order valence-corrected chi connectivity index (χ4v) is 6.69. The van der Waals surface area contributed by atoms with Crippen molar-refractivity contribution in [2.24, 2.45) is 10.8 Å². The smallest absolute Gasteiger partial charge is 0.245 e. The minimum Gasteiger partial charge on any atom is -0.356 e. The molecule has 3 aromatic rings. The molecule has 1 amide bonds. The molecule has 1 aliphatic carbocycles. The fraction of sp³-hybridized carbons (Fsp3) is 0.483. The molecule has 6 nitrogen and oxygen atoms in total. The Balaban J connectivity index is 1.46. The zero-order valence-electron chi connectivity index (χ0n) is 21.4. The summed E-state index contributed by atoms with van der Waals surface area (Å²) in [5, 5.41) is 8.81. The van der Waals surface area contributed by atoms with Gasteiger partial charge in [0.05, 0.1) is 11.7 Å². The number of hydrogen-bond acceptors (Lipinski definition) is 4. The molecule has 1 aromatic carbocycles. The molecule has 4 heterocycles. The quantitative estimate of drug-likeness (QED) is 0.550. The first-order valence-electron chi connectivity index (χ1n) is 12.8. The molecule has 0 bridgehead atoms. The van der Waals surface area contributed by atoms with E-state index in [0.29, 0.717) is 0 Å². The molecule has 0 radical (unpaired) electrons. The summed E-state index contributed by atoms with van der Waals surface area (Å²) in [5.41, 5.74) is 9.39. The number of carbonyl (C=O) groups is 1. The number of likely N-dealkylation sites (tertiary alicyclic amines) is 1. The van der Waals surface area contributed by atoms with Crippen molar-refractivity contribution in [1.29, 1.82) is 0 Å². The van der Waals surface area contributed by atoms with Crippen molar-refractivity contribution >= 4 is 22.6 Å². The van der Waals surface area contributed by atoms with Crippen LogP contribution in [-0.2, 0) is 17.6 Å². The van der Waals surface area contributed by atoms with Crippen LogP contribution in [0.3, 0.4) is 0 Å². The van der Waals surface area contributed by atoms with E-state index in [-0.39, 0.29) is 16.7 Å². The van der Waals surface area contributed by atoms with E-state index in [1.165, 1.54) is 46.0 Å². The first-order valence-corrected chi connectivity index (χ1v) is 12.8. The molecule has 35 heavy (non-hydrogen) atoms. The van der Waals surface area contributed by atoms with Crippen molar-refractivity contribution in [1.82, 2.24) is 20.1 Å². The number of aromatic nitrogens is 3. The molecule has 6 rings (SSSR count). The predicted octanol–water partition coefficient (Wildman–Crippen LogP) is 4.98. The number of nitrogens with zero attached hydrogens (tertiary/aromatic N) is 4. The lowest BCUT2D eigenvalue weighted by Gasteiger charge is -2.47. The molecule has 0 atom stereocenters. The Kier molecular flexibility index (Phi) is 4.89. The van der Waals surface area contributed by atoms with Crippen LogP contribution in [0.2, 0.25) is 0 Å². The van der Waals surface area contributed by atoms with E-state index in [9.17, 15) is 4.79 Å². The van der Waals surface area contributed by atoms with Crippen LogP contribution in [0, 0.1) is 24.7 Å². The van der Waals surface area contributed by atoms with Crippen LogP contribution in [-0.4, -0.2) is 52.2 Å². The first-order chi connectivity index (χ1) is 16.7. The summed E-state index contributed by atoms with van der Waals surface area (Å²) in [6.07, 6.45) is 7.68. The van der Waals surface area contributed by atoms with E-state index in [2.05, 4.69) is 61.5 Å². The Hall–Kier alpha value is -3.15. The predicted molar refractivity (Wildman–Crippen MR) is 141 cm³/mol. The van der Waals surface area contributed by atoms with Gasteiger partial charge < -0.3 is 9.80 Å². The maximum atomic E-state index is 12.1. The monoisotopic (exact) mass is 469 g/mol. The summed E-state index contributed by atoms with van der Waals surface area (Å²) in [4.78, 5) is 21.8. The Morgan fingerprint density at radius 2 is 1.94 bits per heavy atom. The third-order valence-electron chi connectivity index (χ3n) is 8.65. The van der Waals surface area contributed by atoms with Crippen LogP contribution in [0.25, 0.3) is 22.0 Å². The highest BCUT2D eigenvalue weighted by Gasteiger charge is 2.49. The number of amides is 1. The second-order valence-corrected chi connectivity index (χ2v) is 11.9. The van der Waals surface area contributed by atoms with Crippen molar-refractivity contribution in [3.8, 4) is 11.1 Å². The van der Waals surface area contributed by atoms with E-state index in [4.69, 9.17) is 4.98 Å². The SMILES string of the molecule is C=CC(=O)N1CC2(CCN(c3nc4c(c(-c5c(C)ccc6cn[nH]c56)c3C)CCC(C)(C)C4)C2)C1. The highest BCUT2D eigenvalue weighted by molar-refractivity contribution is 5.98. The highest BCUT2D eigenvalue weighted by atomic mass is 16.2. The van der Waals surface area contributed by atoms with Gasteiger partial charge in [-0.1, -0.05) is 32.6 Å². The molecule has 1 spiro atoms. The number of rotatable bonds is 3. The second kappa shape index (κ2) is 7.67. The zero-order chi connectivity index (χ0) is 24.5. The van der Waals surface area contributed by atoms with E-state index in [1.54, 1.807) is 0 Å². The van der Waals surface area contributed by atoms with Gasteiger partial charge in [0.2, 0.25) is 5.91 Å². The molecule has 182 valence electrons. The number of hydrogen-bond donors (Lipinski definition) is 1. The third kappa shape index (κ3) is 3.48. The summed E-state index contributed by atoms with van der Waals surface area (Å²) in [5.74, 6) is 1.17. The van der Waals surface area contributed by atoms with Crippen LogP contribution in [0.1, 0.15) is 49.1 Å². The van der Waals surface area contributed by atoms with E-state index >= 15 is 0 Å². The van der Waals surface area contributed by atoms with Gasteiger partial charge >= 0.3 is 0 Å². The average Bonchev–Trinajstić information content (AvgIpc) is 3.45. The van der Waals surface area contributed by atoms with Gasteiger partial charge in [0.25, 0.3) is 0 Å². The topological polar surface area (TPSA) is 65.1 Å². The molecule has 1 N–H and O–H groups in total. The van der Waals surface area contributed by atoms with E-state index in [1.807, 2.05) is 11.1 Å². The number of aryl methyl sites for hydroxylation is 1. The van der Waals surface area contributed by atoms with Crippen molar-refractivity contribution in [2.45, 2.75) is 53.4 Å². The molecular formula is C29H35N5O. The number of carbonyl (C=O) groups excluding carboxylic acids is 1. The highest BCUT2D eigenvalue weighted by Crippen LogP contribution is 2.47. The molecule has 2 fully saturated rings. The van der Waals surface area contributed by atoms with Crippen molar-refractivity contribution < 1.29 is 4.79 Å². The Labute approximate surface area is 207 Å². The molecule has 2 aliphatic heterocycles. The van der Waals surface area contributed by atoms with Crippen molar-refractivity contribution in [3.05, 3.63) is 53.4 Å². The second-order valence-electron chi connectivity index (χ2n) is 11.9. The van der Waals surface area contributed by atoms with Crippen LogP contribution in [0.5, 0.6) is 0 Å². The van der Waals surface area contributed by atoms with E-state index in [0.717, 1.165) is 62.2 Å². The first kappa shape index (κ1) is 22.3. The minimum atomic E-state index is 0.0461. The molecule has 0 saturated carbocycles. The van der Waals surface area contributed by atoms with Crippen LogP contribution in [0.4, 0.5) is 5.82 Å². The largest absolute Gasteiger partial charge is 0.356 e. The third-order valence-corrected chi connectivity index (χ3v) is 8.65. The Morgan fingerprint density at radius 1 is 1.14 bits per heavy atom. The summed E-state index contributed by atoms with van der Waals surface area (Å²) in [6, 6.07) is 4.37. The molecular weight excluding hydrogens is 434 g/mol. The van der Waals surface area contributed by atoms with Crippen LogP contribution in [0.15, 0.2) is 31.0 Å². The number of nitrogens with one attached hydrogen (secondary N) is 1. The van der Waals surface area contributed by atoms with Gasteiger partial charge in [0.1, 0.15) is 5.82 Å². The van der Waals surface area contributed by atoms with Crippen molar-refractivity contribution in [3.63, 3.8) is 0 Å². The summed E-state index contributed by atoms with van der Waals surface area (Å²) in [6.45, 7) is 16.4. The van der Waals surface area contributed by atoms with Gasteiger partial charge in [-0.25, -0.2) is 4.98 Å². The van der Waals surface area contributed by atoms with Gasteiger partial charge in [-0.05, 0) is 73.3 Å². The Morgan fingerprint density at radius 3 is 2.71 bits per heavy atom. The summed E-state index contributed by atoms with van der Waals surface area (Å²) >= 11 is 0. The van der Waals surface area contributed by atoms with Gasteiger partial charge in [-0.2, -0.15) is 5.10 Å². The maximum Gasteiger partial charge on any atom is 0.245 e. The average molecular weight is 470 g/mol. The van der Waals surface area contributed by atoms with Gasteiger partial charge in [0, 0.05) is 48.2 Å². The summed E-state index contributed by atoms with van der Waals surface area (Å²) < 4.78 is 0. The maximum absolute atomic E-state index is 12.1. The normalized spacial score (nSPS) is 20.2. The standard InChI is InChI=1S/C29H35N5O/c1-6-23(35)34-16-29(17-34)11-12-33(15-29)27-19(3)25(21-9-10-28(4,5)13-22(21)31-27)24-18(2)7-8-20-14-30-32-26(20)24/h6-8,14H,1,9-13,15-17H2,2-5H3,(H,30,32). The summed E-state index contributed by atoms with van der Waals surface area (Å²) in [7, 11) is 0. The zero-order valence-corrected chi connectivity index (χ0v) is 21.4. The Bertz CT molecular complexity index is 1360. The minimum absolute atomic E-state index is 0.0461. The van der Waals surface area contributed by atoms with Gasteiger partial charge in [0.15, 0.2) is 0 Å².